The van der Waals surface area contributed by atoms with E-state index in [0.29, 0.717) is 6.42 Å². The van der Waals surface area contributed by atoms with Crippen LogP contribution in [-0.4, -0.2) is 32.5 Å². The molecule has 0 aliphatic carbocycles. The zero-order valence-corrected chi connectivity index (χ0v) is 11.6. The molecular weight excluding hydrogens is 218 g/mol. The molecule has 4 nitrogen and oxygen atoms in total. The molecule has 0 rings (SSSR count). The first kappa shape index (κ1) is 16.4. The maximum absolute atomic E-state index is 11.6. The summed E-state index contributed by atoms with van der Waals surface area (Å²) in [6.07, 6.45) is 6.02. The van der Waals surface area contributed by atoms with Crippen LogP contribution in [0.15, 0.2) is 0 Å². The summed E-state index contributed by atoms with van der Waals surface area (Å²) in [5.41, 5.74) is 0. The number of amides is 1. The summed E-state index contributed by atoms with van der Waals surface area (Å²) in [7, 11) is 3.14. The van der Waals surface area contributed by atoms with Gasteiger partial charge in [0.05, 0.1) is 6.04 Å². The lowest BCUT2D eigenvalue weighted by Crippen LogP contribution is -2.42. The minimum Gasteiger partial charge on any atom is -0.354 e. The van der Waals surface area contributed by atoms with Gasteiger partial charge in [0.2, 0.25) is 5.91 Å². The van der Waals surface area contributed by atoms with E-state index >= 15 is 0 Å². The van der Waals surface area contributed by atoms with Gasteiger partial charge in [-0.1, -0.05) is 32.6 Å². The molecular formula is C13H27NO3. The molecule has 1 amide bonds. The molecule has 1 atom stereocenters. The summed E-state index contributed by atoms with van der Waals surface area (Å²) >= 11 is 0. The molecule has 1 N–H and O–H groups in total. The fraction of sp³-hybridized carbons (Fsp3) is 0.923. The second-order valence-corrected chi connectivity index (χ2v) is 4.36. The Morgan fingerprint density at radius 2 is 1.71 bits per heavy atom. The number of rotatable bonds is 10. The van der Waals surface area contributed by atoms with Crippen molar-refractivity contribution < 1.29 is 14.3 Å². The van der Waals surface area contributed by atoms with Crippen molar-refractivity contribution in [1.82, 2.24) is 5.32 Å². The van der Waals surface area contributed by atoms with Gasteiger partial charge >= 0.3 is 0 Å². The number of carbonyl (C=O) groups excluding carboxylic acids is 1. The van der Waals surface area contributed by atoms with Gasteiger partial charge in [-0.2, -0.15) is 0 Å². The first-order valence-corrected chi connectivity index (χ1v) is 6.50. The van der Waals surface area contributed by atoms with Crippen molar-refractivity contribution in [3.8, 4) is 0 Å². The van der Waals surface area contributed by atoms with Crippen molar-refractivity contribution >= 4 is 5.91 Å². The third-order valence-electron chi connectivity index (χ3n) is 2.77. The summed E-state index contributed by atoms with van der Waals surface area (Å²) in [5.74, 6) is 0.0769. The molecule has 0 saturated carbocycles. The van der Waals surface area contributed by atoms with Crippen molar-refractivity contribution in [3.05, 3.63) is 0 Å². The van der Waals surface area contributed by atoms with Crippen LogP contribution in [0.1, 0.15) is 52.4 Å². The summed E-state index contributed by atoms with van der Waals surface area (Å²) < 4.78 is 10.2. The molecule has 17 heavy (non-hydrogen) atoms. The summed E-state index contributed by atoms with van der Waals surface area (Å²) in [6, 6.07) is -0.117. The van der Waals surface area contributed by atoms with Gasteiger partial charge in [0.25, 0.3) is 0 Å². The molecule has 0 bridgehead atoms. The average Bonchev–Trinajstić information content (AvgIpc) is 2.30. The highest BCUT2D eigenvalue weighted by Gasteiger charge is 2.17. The second kappa shape index (κ2) is 10.5. The highest BCUT2D eigenvalue weighted by atomic mass is 16.7. The topological polar surface area (TPSA) is 47.6 Å². The predicted octanol–water partition coefficient (Wildman–Crippen LogP) is 2.47. The molecule has 0 heterocycles. The Kier molecular flexibility index (Phi) is 10.2. The van der Waals surface area contributed by atoms with E-state index in [4.69, 9.17) is 9.47 Å². The summed E-state index contributed by atoms with van der Waals surface area (Å²) in [4.78, 5) is 11.6. The molecule has 0 aromatic rings. The Labute approximate surface area is 105 Å². The molecule has 0 radical (unpaired) electrons. The number of hydrogen-bond donors (Lipinski definition) is 1. The number of hydrogen-bond acceptors (Lipinski definition) is 3. The van der Waals surface area contributed by atoms with Crippen molar-refractivity contribution in [1.29, 1.82) is 0 Å². The molecule has 0 aliphatic heterocycles. The van der Waals surface area contributed by atoms with Crippen LogP contribution in [0.2, 0.25) is 0 Å². The van der Waals surface area contributed by atoms with Crippen molar-refractivity contribution in [2.45, 2.75) is 64.7 Å². The highest BCUT2D eigenvalue weighted by molar-refractivity contribution is 5.76. The largest absolute Gasteiger partial charge is 0.354 e. The van der Waals surface area contributed by atoms with Crippen molar-refractivity contribution in [3.63, 3.8) is 0 Å². The number of unbranched alkanes of at least 4 members (excludes halogenated alkanes) is 4. The Bertz CT molecular complexity index is 193. The number of ether oxygens (including phenoxy) is 2. The maximum Gasteiger partial charge on any atom is 0.220 e. The standard InChI is InChI=1S/C13H27NO3/c1-5-6-7-8-9-10-12(15)14-11(2)13(16-3)17-4/h11,13H,5-10H2,1-4H3,(H,14,15). The monoisotopic (exact) mass is 245 g/mol. The summed E-state index contributed by atoms with van der Waals surface area (Å²) in [6.45, 7) is 4.07. The van der Waals surface area contributed by atoms with E-state index in [-0.39, 0.29) is 18.2 Å². The number of carbonyl (C=O) groups is 1. The lowest BCUT2D eigenvalue weighted by Gasteiger charge is -2.22. The van der Waals surface area contributed by atoms with Gasteiger partial charge in [0, 0.05) is 20.6 Å². The summed E-state index contributed by atoms with van der Waals surface area (Å²) in [5, 5.41) is 2.88. The maximum atomic E-state index is 11.6. The van der Waals surface area contributed by atoms with E-state index < -0.39 is 0 Å². The fourth-order valence-corrected chi connectivity index (χ4v) is 1.79. The van der Waals surface area contributed by atoms with Crippen LogP contribution in [0.5, 0.6) is 0 Å². The van der Waals surface area contributed by atoms with E-state index in [2.05, 4.69) is 12.2 Å². The van der Waals surface area contributed by atoms with Crippen LogP contribution in [0, 0.1) is 0 Å². The van der Waals surface area contributed by atoms with E-state index in [1.54, 1.807) is 14.2 Å². The van der Waals surface area contributed by atoms with Crippen LogP contribution in [0.3, 0.4) is 0 Å². The minimum absolute atomic E-state index is 0.0769. The molecule has 1 unspecified atom stereocenters. The van der Waals surface area contributed by atoms with Gasteiger partial charge in [-0.25, -0.2) is 0 Å². The normalized spacial score (nSPS) is 12.8. The molecule has 102 valence electrons. The average molecular weight is 245 g/mol. The number of nitrogens with one attached hydrogen (secondary N) is 1. The van der Waals surface area contributed by atoms with Gasteiger partial charge in [0.1, 0.15) is 0 Å². The van der Waals surface area contributed by atoms with Crippen molar-refractivity contribution in [2.75, 3.05) is 14.2 Å². The van der Waals surface area contributed by atoms with Gasteiger partial charge in [-0.3, -0.25) is 4.79 Å². The van der Waals surface area contributed by atoms with Gasteiger partial charge in [0.15, 0.2) is 6.29 Å². The molecule has 0 fully saturated rings. The molecule has 0 aliphatic rings. The predicted molar refractivity (Wildman–Crippen MR) is 68.8 cm³/mol. The Morgan fingerprint density at radius 1 is 1.12 bits per heavy atom. The Hall–Kier alpha value is -0.610. The lowest BCUT2D eigenvalue weighted by atomic mass is 10.1. The first-order chi connectivity index (χ1) is 8.15. The molecule has 4 heteroatoms. The zero-order chi connectivity index (χ0) is 13.1. The van der Waals surface area contributed by atoms with E-state index in [0.717, 1.165) is 12.8 Å². The van der Waals surface area contributed by atoms with Crippen LogP contribution in [0.4, 0.5) is 0 Å². The molecule has 0 aromatic heterocycles. The number of methoxy groups -OCH3 is 2. The SMILES string of the molecule is CCCCCCCC(=O)NC(C)C(OC)OC. The Morgan fingerprint density at radius 3 is 2.24 bits per heavy atom. The first-order valence-electron chi connectivity index (χ1n) is 6.50. The smallest absolute Gasteiger partial charge is 0.220 e. The van der Waals surface area contributed by atoms with Crippen LogP contribution in [-0.2, 0) is 14.3 Å². The molecule has 0 saturated heterocycles. The minimum atomic E-state index is -0.376. The van der Waals surface area contributed by atoms with Gasteiger partial charge in [-0.15, -0.1) is 0 Å². The zero-order valence-electron chi connectivity index (χ0n) is 11.6. The Balaban J connectivity index is 3.63. The quantitative estimate of drug-likeness (QED) is 0.475. The van der Waals surface area contributed by atoms with Crippen LogP contribution < -0.4 is 5.32 Å². The van der Waals surface area contributed by atoms with E-state index in [9.17, 15) is 4.79 Å². The van der Waals surface area contributed by atoms with Crippen LogP contribution in [0.25, 0.3) is 0 Å². The van der Waals surface area contributed by atoms with Gasteiger partial charge in [-0.05, 0) is 13.3 Å². The fourth-order valence-electron chi connectivity index (χ4n) is 1.79. The van der Waals surface area contributed by atoms with Gasteiger partial charge < -0.3 is 14.8 Å². The molecule has 0 spiro atoms. The molecule has 0 aromatic carbocycles. The highest BCUT2D eigenvalue weighted by Crippen LogP contribution is 2.05. The van der Waals surface area contributed by atoms with E-state index in [1.807, 2.05) is 6.92 Å². The van der Waals surface area contributed by atoms with Crippen molar-refractivity contribution in [2.24, 2.45) is 0 Å². The van der Waals surface area contributed by atoms with E-state index in [1.165, 1.54) is 19.3 Å². The third-order valence-corrected chi connectivity index (χ3v) is 2.77. The lowest BCUT2D eigenvalue weighted by molar-refractivity contribution is -0.135. The second-order valence-electron chi connectivity index (χ2n) is 4.36. The third kappa shape index (κ3) is 8.16. The van der Waals surface area contributed by atoms with Crippen LogP contribution >= 0.6 is 0 Å².